The molecule has 0 radical (unpaired) electrons. The van der Waals surface area contributed by atoms with E-state index in [9.17, 15) is 0 Å². The van der Waals surface area contributed by atoms with Crippen LogP contribution in [-0.2, 0) is 0 Å². The predicted octanol–water partition coefficient (Wildman–Crippen LogP) is 3.92. The Morgan fingerprint density at radius 2 is 1.81 bits per heavy atom. The lowest BCUT2D eigenvalue weighted by Gasteiger charge is -2.19. The van der Waals surface area contributed by atoms with Gasteiger partial charge in [-0.2, -0.15) is 0 Å². The van der Waals surface area contributed by atoms with Crippen molar-refractivity contribution in [1.82, 2.24) is 0 Å². The molecule has 16 heavy (non-hydrogen) atoms. The summed E-state index contributed by atoms with van der Waals surface area (Å²) in [6.45, 7) is 6.44. The van der Waals surface area contributed by atoms with Crippen LogP contribution in [0.15, 0.2) is 18.2 Å². The molecule has 0 spiro atoms. The third-order valence-corrected chi connectivity index (χ3v) is 2.73. The summed E-state index contributed by atoms with van der Waals surface area (Å²) in [6.07, 6.45) is 4.87. The number of rotatable bonds is 6. The van der Waals surface area contributed by atoms with Gasteiger partial charge in [0.2, 0.25) is 0 Å². The van der Waals surface area contributed by atoms with Crippen molar-refractivity contribution in [3.63, 3.8) is 0 Å². The van der Waals surface area contributed by atoms with Crippen LogP contribution in [-0.4, -0.2) is 6.10 Å². The second-order valence-corrected chi connectivity index (χ2v) is 4.34. The normalized spacial score (nSPS) is 10.8. The first-order valence-electron chi connectivity index (χ1n) is 6.20. The minimum Gasteiger partial charge on any atom is -0.490 e. The molecule has 0 amide bonds. The summed E-state index contributed by atoms with van der Waals surface area (Å²) in [4.78, 5) is 0. The van der Waals surface area contributed by atoms with E-state index >= 15 is 0 Å². The summed E-state index contributed by atoms with van der Waals surface area (Å²) in [6, 6.07) is 5.85. The predicted molar refractivity (Wildman–Crippen MR) is 69.8 cm³/mol. The molecule has 0 saturated heterocycles. The van der Waals surface area contributed by atoms with Gasteiger partial charge in [0, 0.05) is 11.8 Å². The Morgan fingerprint density at radius 1 is 1.19 bits per heavy atom. The van der Waals surface area contributed by atoms with Gasteiger partial charge >= 0.3 is 0 Å². The molecule has 0 atom stereocenters. The zero-order valence-electron chi connectivity index (χ0n) is 10.6. The molecule has 2 heteroatoms. The van der Waals surface area contributed by atoms with E-state index in [0.29, 0.717) is 6.10 Å². The lowest BCUT2D eigenvalue weighted by atomic mass is 10.1. The Morgan fingerprint density at radius 3 is 2.38 bits per heavy atom. The van der Waals surface area contributed by atoms with Crippen molar-refractivity contribution in [2.75, 3.05) is 5.73 Å². The molecule has 0 bridgehead atoms. The Labute approximate surface area is 98.8 Å². The molecular formula is C14H23NO. The van der Waals surface area contributed by atoms with Crippen LogP contribution in [0.5, 0.6) is 5.75 Å². The van der Waals surface area contributed by atoms with Gasteiger partial charge in [-0.3, -0.25) is 0 Å². The van der Waals surface area contributed by atoms with Crippen molar-refractivity contribution in [3.05, 3.63) is 23.8 Å². The fourth-order valence-electron chi connectivity index (χ4n) is 1.83. The Bertz CT molecular complexity index is 317. The molecule has 0 aromatic heterocycles. The van der Waals surface area contributed by atoms with E-state index in [1.165, 1.54) is 0 Å². The number of ether oxygens (including phenoxy) is 1. The van der Waals surface area contributed by atoms with E-state index in [1.54, 1.807) is 0 Å². The van der Waals surface area contributed by atoms with E-state index in [0.717, 1.165) is 42.7 Å². The lowest BCUT2D eigenvalue weighted by molar-refractivity contribution is 0.177. The van der Waals surface area contributed by atoms with Gasteiger partial charge in [0.25, 0.3) is 0 Å². The first kappa shape index (κ1) is 12.9. The van der Waals surface area contributed by atoms with E-state index < -0.39 is 0 Å². The minimum atomic E-state index is 0.329. The van der Waals surface area contributed by atoms with Gasteiger partial charge in [-0.15, -0.1) is 0 Å². The van der Waals surface area contributed by atoms with Crippen LogP contribution in [0.3, 0.4) is 0 Å². The van der Waals surface area contributed by atoms with Crippen molar-refractivity contribution in [1.29, 1.82) is 0 Å². The monoisotopic (exact) mass is 221 g/mol. The third-order valence-electron chi connectivity index (χ3n) is 2.73. The molecule has 1 rings (SSSR count). The van der Waals surface area contributed by atoms with Crippen LogP contribution in [0.1, 0.15) is 45.1 Å². The molecule has 2 N–H and O–H groups in total. The number of nitrogens with two attached hydrogens (primary N) is 1. The second-order valence-electron chi connectivity index (χ2n) is 4.34. The van der Waals surface area contributed by atoms with Gasteiger partial charge in [-0.05, 0) is 31.4 Å². The van der Waals surface area contributed by atoms with Crippen molar-refractivity contribution >= 4 is 5.69 Å². The molecule has 2 nitrogen and oxygen atoms in total. The van der Waals surface area contributed by atoms with E-state index in [1.807, 2.05) is 18.2 Å². The summed E-state index contributed by atoms with van der Waals surface area (Å²) >= 11 is 0. The van der Waals surface area contributed by atoms with Crippen LogP contribution in [0.4, 0.5) is 5.69 Å². The number of aryl methyl sites for hydroxylation is 1. The van der Waals surface area contributed by atoms with Crippen molar-refractivity contribution < 1.29 is 4.74 Å². The zero-order valence-corrected chi connectivity index (χ0v) is 10.6. The summed E-state index contributed by atoms with van der Waals surface area (Å²) < 4.78 is 6.03. The maximum Gasteiger partial charge on any atom is 0.124 e. The zero-order chi connectivity index (χ0) is 12.0. The standard InChI is InChI=1S/C14H23NO/c1-4-6-13(7-5-2)16-14-10-12(15)9-8-11(14)3/h8-10,13H,4-7,15H2,1-3H3. The van der Waals surface area contributed by atoms with Crippen LogP contribution in [0, 0.1) is 6.92 Å². The average molecular weight is 221 g/mol. The van der Waals surface area contributed by atoms with Gasteiger partial charge in [-0.25, -0.2) is 0 Å². The van der Waals surface area contributed by atoms with Crippen LogP contribution >= 0.6 is 0 Å². The van der Waals surface area contributed by atoms with E-state index in [-0.39, 0.29) is 0 Å². The highest BCUT2D eigenvalue weighted by atomic mass is 16.5. The van der Waals surface area contributed by atoms with Gasteiger partial charge < -0.3 is 10.5 Å². The van der Waals surface area contributed by atoms with Crippen molar-refractivity contribution in [2.24, 2.45) is 0 Å². The van der Waals surface area contributed by atoms with Gasteiger partial charge in [0.05, 0.1) is 6.10 Å². The number of hydrogen-bond acceptors (Lipinski definition) is 2. The summed E-state index contributed by atoms with van der Waals surface area (Å²) in [5.41, 5.74) is 7.70. The van der Waals surface area contributed by atoms with Gasteiger partial charge in [-0.1, -0.05) is 32.8 Å². The second kappa shape index (κ2) is 6.41. The van der Waals surface area contributed by atoms with Gasteiger partial charge in [0.15, 0.2) is 0 Å². The Balaban J connectivity index is 2.71. The minimum absolute atomic E-state index is 0.329. The molecule has 0 aliphatic rings. The molecule has 1 aromatic carbocycles. The summed E-state index contributed by atoms with van der Waals surface area (Å²) in [7, 11) is 0. The maximum atomic E-state index is 6.03. The molecule has 0 unspecified atom stereocenters. The highest BCUT2D eigenvalue weighted by Crippen LogP contribution is 2.24. The average Bonchev–Trinajstić information content (AvgIpc) is 2.24. The highest BCUT2D eigenvalue weighted by molar-refractivity contribution is 5.48. The summed E-state index contributed by atoms with van der Waals surface area (Å²) in [5.74, 6) is 0.937. The molecular weight excluding hydrogens is 198 g/mol. The SMILES string of the molecule is CCCC(CCC)Oc1cc(N)ccc1C. The quantitative estimate of drug-likeness (QED) is 0.739. The third kappa shape index (κ3) is 3.76. The van der Waals surface area contributed by atoms with Crippen LogP contribution in [0.25, 0.3) is 0 Å². The van der Waals surface area contributed by atoms with Crippen LogP contribution < -0.4 is 10.5 Å². The van der Waals surface area contributed by atoms with Gasteiger partial charge in [0.1, 0.15) is 5.75 Å². The molecule has 1 aromatic rings. The summed E-state index contributed by atoms with van der Waals surface area (Å²) in [5, 5.41) is 0. The van der Waals surface area contributed by atoms with Crippen LogP contribution in [0.2, 0.25) is 0 Å². The molecule has 0 heterocycles. The number of nitrogen functional groups attached to an aromatic ring is 1. The molecule has 0 saturated carbocycles. The van der Waals surface area contributed by atoms with E-state index in [2.05, 4.69) is 20.8 Å². The molecule has 90 valence electrons. The maximum absolute atomic E-state index is 6.03. The number of anilines is 1. The topological polar surface area (TPSA) is 35.2 Å². The van der Waals surface area contributed by atoms with Crippen molar-refractivity contribution in [3.8, 4) is 5.75 Å². The van der Waals surface area contributed by atoms with Crippen molar-refractivity contribution in [2.45, 2.75) is 52.6 Å². The van der Waals surface area contributed by atoms with E-state index in [4.69, 9.17) is 10.5 Å². The first-order valence-corrected chi connectivity index (χ1v) is 6.20. The number of hydrogen-bond donors (Lipinski definition) is 1. The first-order chi connectivity index (χ1) is 7.67. The molecule has 0 aliphatic carbocycles. The lowest BCUT2D eigenvalue weighted by Crippen LogP contribution is -2.16. The molecule has 0 fully saturated rings. The fourth-order valence-corrected chi connectivity index (χ4v) is 1.83. The largest absolute Gasteiger partial charge is 0.490 e. The number of benzene rings is 1. The Kier molecular flexibility index (Phi) is 5.17. The smallest absolute Gasteiger partial charge is 0.124 e. The highest BCUT2D eigenvalue weighted by Gasteiger charge is 2.10. The molecule has 0 aliphatic heterocycles. The Hall–Kier alpha value is -1.18. The fraction of sp³-hybridized carbons (Fsp3) is 0.571.